The molecule has 3 fully saturated rings. The largest absolute Gasteiger partial charge is 0.350 e. The summed E-state index contributed by atoms with van der Waals surface area (Å²) in [6.45, 7) is 0. The molecule has 1 N–H and O–H groups in total. The summed E-state index contributed by atoms with van der Waals surface area (Å²) in [5.74, 6) is -0.110. The van der Waals surface area contributed by atoms with Gasteiger partial charge in [-0.05, 0) is 38.5 Å². The molecule has 0 saturated heterocycles. The monoisotopic (exact) mass is 359 g/mol. The maximum absolute atomic E-state index is 13.3. The van der Waals surface area contributed by atoms with Crippen LogP contribution in [0.15, 0.2) is 10.6 Å². The predicted molar refractivity (Wildman–Crippen MR) is 96.9 cm³/mol. The van der Waals surface area contributed by atoms with Crippen molar-refractivity contribution in [3.05, 3.63) is 17.5 Å². The van der Waals surface area contributed by atoms with E-state index in [4.69, 9.17) is 4.52 Å². The Balaban J connectivity index is 1.51. The summed E-state index contributed by atoms with van der Waals surface area (Å²) in [4.78, 5) is 27.5. The summed E-state index contributed by atoms with van der Waals surface area (Å²) in [5.41, 5.74) is 0.215. The van der Waals surface area contributed by atoms with Crippen LogP contribution in [0.1, 0.15) is 98.1 Å². The van der Waals surface area contributed by atoms with Gasteiger partial charge in [-0.25, -0.2) is 0 Å². The minimum Gasteiger partial charge on any atom is -0.350 e. The molecule has 1 aromatic rings. The summed E-state index contributed by atoms with van der Waals surface area (Å²) < 4.78 is 5.31. The molecule has 1 aromatic heterocycles. The van der Waals surface area contributed by atoms with Crippen molar-refractivity contribution in [3.63, 3.8) is 0 Å². The van der Waals surface area contributed by atoms with Gasteiger partial charge in [0, 0.05) is 24.2 Å². The Kier molecular flexibility index (Phi) is 5.27. The molecular formula is C20H29N3O3. The lowest BCUT2D eigenvalue weighted by Gasteiger charge is -2.41. The maximum atomic E-state index is 13.3. The first-order valence-electron chi connectivity index (χ1n) is 10.3. The van der Waals surface area contributed by atoms with Gasteiger partial charge in [0.2, 0.25) is 5.76 Å². The van der Waals surface area contributed by atoms with Crippen molar-refractivity contribution >= 4 is 11.8 Å². The zero-order chi connectivity index (χ0) is 17.9. The Morgan fingerprint density at radius 2 is 1.50 bits per heavy atom. The molecule has 0 radical (unpaired) electrons. The number of rotatable bonds is 5. The molecule has 2 amide bonds. The summed E-state index contributed by atoms with van der Waals surface area (Å²) >= 11 is 0. The summed E-state index contributed by atoms with van der Waals surface area (Å²) in [5, 5.41) is 6.75. The third-order valence-electron chi connectivity index (χ3n) is 6.04. The van der Waals surface area contributed by atoms with Crippen LogP contribution >= 0.6 is 0 Å². The number of aromatic nitrogens is 1. The van der Waals surface area contributed by atoms with Gasteiger partial charge in [-0.3, -0.25) is 9.59 Å². The number of hydrogen-bond acceptors (Lipinski definition) is 4. The highest BCUT2D eigenvalue weighted by Gasteiger charge is 2.35. The third-order valence-corrected chi connectivity index (χ3v) is 6.04. The number of nitrogens with zero attached hydrogens (tertiary/aromatic N) is 2. The molecule has 0 bridgehead atoms. The molecule has 3 aliphatic carbocycles. The third kappa shape index (κ3) is 3.94. The van der Waals surface area contributed by atoms with Gasteiger partial charge >= 0.3 is 0 Å². The van der Waals surface area contributed by atoms with Gasteiger partial charge in [0.1, 0.15) is 0 Å². The molecule has 26 heavy (non-hydrogen) atoms. The van der Waals surface area contributed by atoms with E-state index in [-0.39, 0.29) is 29.3 Å². The normalized spacial score (nSPS) is 22.2. The van der Waals surface area contributed by atoms with E-state index in [1.165, 1.54) is 44.6 Å². The summed E-state index contributed by atoms with van der Waals surface area (Å²) in [6, 6.07) is 2.39. The van der Waals surface area contributed by atoms with Crippen molar-refractivity contribution < 1.29 is 14.1 Å². The Labute approximate surface area is 154 Å². The van der Waals surface area contributed by atoms with Crippen molar-refractivity contribution in [1.29, 1.82) is 0 Å². The maximum Gasteiger partial charge on any atom is 0.292 e. The molecule has 6 nitrogen and oxygen atoms in total. The number of amides is 2. The van der Waals surface area contributed by atoms with Gasteiger partial charge < -0.3 is 14.7 Å². The van der Waals surface area contributed by atoms with Crippen molar-refractivity contribution in [2.24, 2.45) is 0 Å². The number of hydrogen-bond donors (Lipinski definition) is 1. The van der Waals surface area contributed by atoms with Gasteiger partial charge in [0.05, 0.1) is 0 Å². The van der Waals surface area contributed by atoms with E-state index in [9.17, 15) is 9.59 Å². The van der Waals surface area contributed by atoms with Crippen molar-refractivity contribution in [3.8, 4) is 0 Å². The van der Waals surface area contributed by atoms with E-state index in [0.717, 1.165) is 38.5 Å². The average molecular weight is 359 g/mol. The van der Waals surface area contributed by atoms with Crippen LogP contribution in [0.3, 0.4) is 0 Å². The minimum atomic E-state index is -0.239. The SMILES string of the molecule is O=C(NC1CC1)c1cc(C(=O)N(C2CCCCC2)C2CCCCC2)on1. The molecule has 142 valence electrons. The number of carbonyl (C=O) groups is 2. The van der Waals surface area contributed by atoms with Gasteiger partial charge in [-0.1, -0.05) is 43.7 Å². The Morgan fingerprint density at radius 1 is 0.923 bits per heavy atom. The van der Waals surface area contributed by atoms with Crippen LogP contribution < -0.4 is 5.32 Å². The molecule has 0 aliphatic heterocycles. The zero-order valence-corrected chi connectivity index (χ0v) is 15.4. The Hall–Kier alpha value is -1.85. The highest BCUT2D eigenvalue weighted by Crippen LogP contribution is 2.31. The number of nitrogens with one attached hydrogen (secondary N) is 1. The molecule has 1 heterocycles. The van der Waals surface area contributed by atoms with E-state index in [2.05, 4.69) is 15.4 Å². The second kappa shape index (κ2) is 7.80. The summed E-state index contributed by atoms with van der Waals surface area (Å²) in [7, 11) is 0. The van der Waals surface area contributed by atoms with Crippen LogP contribution in [-0.4, -0.2) is 40.0 Å². The molecule has 4 rings (SSSR count). The predicted octanol–water partition coefficient (Wildman–Crippen LogP) is 3.67. The molecule has 0 aromatic carbocycles. The Morgan fingerprint density at radius 3 is 2.04 bits per heavy atom. The summed E-state index contributed by atoms with van der Waals surface area (Å²) in [6.07, 6.45) is 13.6. The molecule has 0 spiro atoms. The molecule has 6 heteroatoms. The average Bonchev–Trinajstić information content (AvgIpc) is 3.35. The minimum absolute atomic E-state index is 0.0817. The fourth-order valence-electron chi connectivity index (χ4n) is 4.45. The Bertz CT molecular complexity index is 622. The fraction of sp³-hybridized carbons (Fsp3) is 0.750. The first kappa shape index (κ1) is 17.6. The molecule has 3 saturated carbocycles. The van der Waals surface area contributed by atoms with Crippen molar-refractivity contribution in [1.82, 2.24) is 15.4 Å². The topological polar surface area (TPSA) is 75.4 Å². The van der Waals surface area contributed by atoms with Gasteiger partial charge in [-0.2, -0.15) is 0 Å². The van der Waals surface area contributed by atoms with E-state index in [0.29, 0.717) is 12.1 Å². The lowest BCUT2D eigenvalue weighted by Crippen LogP contribution is -2.48. The van der Waals surface area contributed by atoms with Crippen LogP contribution in [0.5, 0.6) is 0 Å². The van der Waals surface area contributed by atoms with Crippen LogP contribution in [0.2, 0.25) is 0 Å². The first-order valence-corrected chi connectivity index (χ1v) is 10.3. The first-order chi connectivity index (χ1) is 12.7. The van der Waals surface area contributed by atoms with E-state index in [1.54, 1.807) is 0 Å². The van der Waals surface area contributed by atoms with E-state index < -0.39 is 0 Å². The fourth-order valence-corrected chi connectivity index (χ4v) is 4.45. The molecule has 0 unspecified atom stereocenters. The standard InChI is InChI=1S/C20H29N3O3/c24-19(21-14-11-12-14)17-13-18(26-22-17)20(25)23(15-7-3-1-4-8-15)16-9-5-2-6-10-16/h13-16H,1-12H2,(H,21,24). The highest BCUT2D eigenvalue weighted by molar-refractivity contribution is 5.97. The molecule has 3 aliphatic rings. The van der Waals surface area contributed by atoms with Gasteiger partial charge in [0.15, 0.2) is 5.69 Å². The second-order valence-corrected chi connectivity index (χ2v) is 8.12. The highest BCUT2D eigenvalue weighted by atomic mass is 16.5. The van der Waals surface area contributed by atoms with Gasteiger partial charge in [0.25, 0.3) is 11.8 Å². The van der Waals surface area contributed by atoms with E-state index in [1.807, 2.05) is 0 Å². The van der Waals surface area contributed by atoms with Crippen LogP contribution in [0.4, 0.5) is 0 Å². The number of carbonyl (C=O) groups excluding carboxylic acids is 2. The smallest absolute Gasteiger partial charge is 0.292 e. The van der Waals surface area contributed by atoms with Gasteiger partial charge in [-0.15, -0.1) is 0 Å². The lowest BCUT2D eigenvalue weighted by molar-refractivity contribution is 0.0408. The second-order valence-electron chi connectivity index (χ2n) is 8.12. The van der Waals surface area contributed by atoms with Crippen molar-refractivity contribution in [2.75, 3.05) is 0 Å². The zero-order valence-electron chi connectivity index (χ0n) is 15.4. The molecule has 0 atom stereocenters. The van der Waals surface area contributed by atoms with Crippen LogP contribution in [-0.2, 0) is 0 Å². The molecular weight excluding hydrogens is 330 g/mol. The quantitative estimate of drug-likeness (QED) is 0.870. The van der Waals surface area contributed by atoms with Crippen molar-refractivity contribution in [2.45, 2.75) is 95.2 Å². The lowest BCUT2D eigenvalue weighted by atomic mass is 9.88. The van der Waals surface area contributed by atoms with Crippen LogP contribution in [0.25, 0.3) is 0 Å². The van der Waals surface area contributed by atoms with Crippen LogP contribution in [0, 0.1) is 0 Å². The van der Waals surface area contributed by atoms with E-state index >= 15 is 0 Å².